The van der Waals surface area contributed by atoms with Crippen LogP contribution < -0.4 is 10.2 Å². The molecule has 0 spiro atoms. The normalized spacial score (nSPS) is 19.0. The average Bonchev–Trinajstić information content (AvgIpc) is 2.51. The average molecular weight is 289 g/mol. The van der Waals surface area contributed by atoms with Gasteiger partial charge in [0.2, 0.25) is 5.91 Å². The summed E-state index contributed by atoms with van der Waals surface area (Å²) < 4.78 is 0. The summed E-state index contributed by atoms with van der Waals surface area (Å²) >= 11 is 0. The number of likely N-dealkylation sites (N-methyl/N-ethyl adjacent to an activating group) is 1. The van der Waals surface area contributed by atoms with Gasteiger partial charge in [-0.15, -0.1) is 0 Å². The lowest BCUT2D eigenvalue weighted by Gasteiger charge is -2.39. The molecule has 0 fully saturated rings. The number of hydrogen-bond donors (Lipinski definition) is 1. The predicted octanol–water partition coefficient (Wildman–Crippen LogP) is 2.41. The minimum atomic E-state index is -0.117. The van der Waals surface area contributed by atoms with Crippen LogP contribution >= 0.6 is 0 Å². The van der Waals surface area contributed by atoms with Gasteiger partial charge in [-0.3, -0.25) is 4.79 Å². The van der Waals surface area contributed by atoms with Gasteiger partial charge in [-0.1, -0.05) is 25.1 Å². The van der Waals surface area contributed by atoms with Gasteiger partial charge in [-0.25, -0.2) is 0 Å². The first-order valence-corrected chi connectivity index (χ1v) is 7.86. The summed E-state index contributed by atoms with van der Waals surface area (Å²) in [5, 5.41) is 3.62. The maximum Gasteiger partial charge on any atom is 0.244 e. The first-order chi connectivity index (χ1) is 10.1. The Hall–Kier alpha value is -1.55. The van der Waals surface area contributed by atoms with Crippen molar-refractivity contribution in [1.82, 2.24) is 10.2 Å². The van der Waals surface area contributed by atoms with Crippen molar-refractivity contribution in [2.75, 3.05) is 32.1 Å². The Balaban J connectivity index is 2.24. The first kappa shape index (κ1) is 15.8. The molecule has 1 aliphatic rings. The molecule has 1 amide bonds. The molecule has 0 saturated heterocycles. The molecule has 1 aliphatic heterocycles. The molecule has 1 heterocycles. The fraction of sp³-hybridized carbons (Fsp3) is 0.588. The van der Waals surface area contributed by atoms with E-state index in [9.17, 15) is 4.79 Å². The molecular weight excluding hydrogens is 262 g/mol. The van der Waals surface area contributed by atoms with Crippen LogP contribution in [0.3, 0.4) is 0 Å². The third-order valence-electron chi connectivity index (χ3n) is 4.19. The standard InChI is InChI=1S/C17H27N3O/c1-5-11-18-15-10-12-20(13(2)17(21)19(3)4)16-9-7-6-8-14(15)16/h6-9,13,15,18H,5,10-12H2,1-4H3. The number of carbonyl (C=O) groups is 1. The zero-order valence-corrected chi connectivity index (χ0v) is 13.6. The highest BCUT2D eigenvalue weighted by Crippen LogP contribution is 2.34. The summed E-state index contributed by atoms with van der Waals surface area (Å²) in [7, 11) is 3.64. The molecule has 4 heteroatoms. The molecule has 2 rings (SSSR count). The van der Waals surface area contributed by atoms with Crippen LogP contribution in [0.15, 0.2) is 24.3 Å². The van der Waals surface area contributed by atoms with Gasteiger partial charge in [-0.2, -0.15) is 0 Å². The van der Waals surface area contributed by atoms with Crippen molar-refractivity contribution >= 4 is 11.6 Å². The van der Waals surface area contributed by atoms with Gasteiger partial charge >= 0.3 is 0 Å². The molecular formula is C17H27N3O. The number of para-hydroxylation sites is 1. The first-order valence-electron chi connectivity index (χ1n) is 7.86. The third-order valence-corrected chi connectivity index (χ3v) is 4.19. The Kier molecular flexibility index (Phi) is 5.23. The van der Waals surface area contributed by atoms with E-state index < -0.39 is 0 Å². The Morgan fingerprint density at radius 3 is 2.81 bits per heavy atom. The number of nitrogens with zero attached hydrogens (tertiary/aromatic N) is 2. The van der Waals surface area contributed by atoms with Crippen molar-refractivity contribution in [2.45, 2.75) is 38.8 Å². The van der Waals surface area contributed by atoms with Gasteiger partial charge in [0.25, 0.3) is 0 Å². The van der Waals surface area contributed by atoms with Gasteiger partial charge in [0.05, 0.1) is 0 Å². The molecule has 0 bridgehead atoms. The van der Waals surface area contributed by atoms with Crippen LogP contribution in [-0.2, 0) is 4.79 Å². The predicted molar refractivity (Wildman–Crippen MR) is 87.6 cm³/mol. The molecule has 2 atom stereocenters. The van der Waals surface area contributed by atoms with Gasteiger partial charge in [-0.05, 0) is 37.9 Å². The number of hydrogen-bond acceptors (Lipinski definition) is 3. The van der Waals surface area contributed by atoms with E-state index in [4.69, 9.17) is 0 Å². The highest BCUT2D eigenvalue weighted by Gasteiger charge is 2.30. The van der Waals surface area contributed by atoms with E-state index in [0.29, 0.717) is 6.04 Å². The Morgan fingerprint density at radius 1 is 1.43 bits per heavy atom. The van der Waals surface area contributed by atoms with Gasteiger partial charge in [0, 0.05) is 32.4 Å². The van der Waals surface area contributed by atoms with Gasteiger partial charge in [0.1, 0.15) is 6.04 Å². The van der Waals surface area contributed by atoms with E-state index in [-0.39, 0.29) is 11.9 Å². The molecule has 0 radical (unpaired) electrons. The minimum Gasteiger partial charge on any atom is -0.359 e. The topological polar surface area (TPSA) is 35.6 Å². The number of carbonyl (C=O) groups excluding carboxylic acids is 1. The summed E-state index contributed by atoms with van der Waals surface area (Å²) in [5.41, 5.74) is 2.51. The SMILES string of the molecule is CCCNC1CCN(C(C)C(=O)N(C)C)c2ccccc21. The summed E-state index contributed by atoms with van der Waals surface area (Å²) in [5.74, 6) is 0.157. The number of rotatable bonds is 5. The van der Waals surface area contributed by atoms with E-state index >= 15 is 0 Å². The number of amides is 1. The lowest BCUT2D eigenvalue weighted by atomic mass is 9.95. The zero-order chi connectivity index (χ0) is 15.4. The summed E-state index contributed by atoms with van der Waals surface area (Å²) in [6.07, 6.45) is 2.18. The van der Waals surface area contributed by atoms with E-state index in [0.717, 1.165) is 25.9 Å². The second-order valence-corrected chi connectivity index (χ2v) is 5.96. The van der Waals surface area contributed by atoms with Crippen LogP contribution in [0, 0.1) is 0 Å². The second kappa shape index (κ2) is 6.94. The quantitative estimate of drug-likeness (QED) is 0.904. The Bertz CT molecular complexity index is 487. The van der Waals surface area contributed by atoms with Gasteiger partial charge in [0.15, 0.2) is 0 Å². The largest absolute Gasteiger partial charge is 0.359 e. The molecule has 1 N–H and O–H groups in total. The van der Waals surface area contributed by atoms with Crippen molar-refractivity contribution in [1.29, 1.82) is 0 Å². The van der Waals surface area contributed by atoms with Crippen LogP contribution in [0.5, 0.6) is 0 Å². The van der Waals surface area contributed by atoms with E-state index in [1.54, 1.807) is 4.90 Å². The van der Waals surface area contributed by atoms with Crippen molar-refractivity contribution in [3.05, 3.63) is 29.8 Å². The van der Waals surface area contributed by atoms with Crippen LogP contribution in [-0.4, -0.2) is 44.0 Å². The summed E-state index contributed by atoms with van der Waals surface area (Å²) in [6.45, 7) is 6.13. The Labute approximate surface area is 128 Å². The second-order valence-electron chi connectivity index (χ2n) is 5.96. The summed E-state index contributed by atoms with van der Waals surface area (Å²) in [4.78, 5) is 16.2. The Morgan fingerprint density at radius 2 is 2.14 bits per heavy atom. The summed E-state index contributed by atoms with van der Waals surface area (Å²) in [6, 6.07) is 8.74. The number of anilines is 1. The van der Waals surface area contributed by atoms with Crippen molar-refractivity contribution in [3.8, 4) is 0 Å². The van der Waals surface area contributed by atoms with E-state index in [1.807, 2.05) is 21.0 Å². The van der Waals surface area contributed by atoms with Crippen molar-refractivity contribution < 1.29 is 4.79 Å². The fourth-order valence-corrected chi connectivity index (χ4v) is 3.03. The monoisotopic (exact) mass is 289 g/mol. The molecule has 1 aromatic rings. The molecule has 0 aliphatic carbocycles. The van der Waals surface area contributed by atoms with E-state index in [2.05, 4.69) is 41.4 Å². The lowest BCUT2D eigenvalue weighted by molar-refractivity contribution is -0.129. The van der Waals surface area contributed by atoms with Gasteiger partial charge < -0.3 is 15.1 Å². The number of benzene rings is 1. The molecule has 21 heavy (non-hydrogen) atoms. The molecule has 1 aromatic carbocycles. The van der Waals surface area contributed by atoms with E-state index in [1.165, 1.54) is 11.3 Å². The molecule has 0 aromatic heterocycles. The van der Waals surface area contributed by atoms with Crippen molar-refractivity contribution in [3.63, 3.8) is 0 Å². The van der Waals surface area contributed by atoms with Crippen molar-refractivity contribution in [2.24, 2.45) is 0 Å². The molecule has 0 saturated carbocycles. The number of fused-ring (bicyclic) bond motifs is 1. The minimum absolute atomic E-state index is 0.117. The molecule has 4 nitrogen and oxygen atoms in total. The maximum atomic E-state index is 12.3. The smallest absolute Gasteiger partial charge is 0.244 e. The highest BCUT2D eigenvalue weighted by molar-refractivity contribution is 5.85. The lowest BCUT2D eigenvalue weighted by Crippen LogP contribution is -2.48. The highest BCUT2D eigenvalue weighted by atomic mass is 16.2. The third kappa shape index (κ3) is 3.38. The molecule has 116 valence electrons. The van der Waals surface area contributed by atoms with Crippen LogP contribution in [0.25, 0.3) is 0 Å². The van der Waals surface area contributed by atoms with Crippen LogP contribution in [0.4, 0.5) is 5.69 Å². The fourth-order valence-electron chi connectivity index (χ4n) is 3.03. The maximum absolute atomic E-state index is 12.3. The molecule has 2 unspecified atom stereocenters. The zero-order valence-electron chi connectivity index (χ0n) is 13.6. The van der Waals surface area contributed by atoms with Crippen LogP contribution in [0.2, 0.25) is 0 Å². The van der Waals surface area contributed by atoms with Crippen LogP contribution in [0.1, 0.15) is 38.3 Å². The number of nitrogens with one attached hydrogen (secondary N) is 1.